The Kier molecular flexibility index (Phi) is 6.25. The van der Waals surface area contributed by atoms with Gasteiger partial charge in [-0.15, -0.1) is 11.3 Å². The fourth-order valence-corrected chi connectivity index (χ4v) is 5.93. The fraction of sp³-hybridized carbons (Fsp3) is 0.333. The SMILES string of the molecule is CCCN(CCC)S(=O)(=O)c1ccc2nc(NC(=O)c3cccs3)sc2c1. The van der Waals surface area contributed by atoms with E-state index in [9.17, 15) is 13.2 Å². The molecule has 0 saturated heterocycles. The summed E-state index contributed by atoms with van der Waals surface area (Å²) in [5, 5.41) is 5.07. The van der Waals surface area contributed by atoms with Crippen molar-refractivity contribution < 1.29 is 13.2 Å². The highest BCUT2D eigenvalue weighted by atomic mass is 32.2. The van der Waals surface area contributed by atoms with Crippen LogP contribution in [0.25, 0.3) is 10.2 Å². The second-order valence-electron chi connectivity index (χ2n) is 5.98. The van der Waals surface area contributed by atoms with Crippen LogP contribution in [0.15, 0.2) is 40.6 Å². The quantitative estimate of drug-likeness (QED) is 0.582. The molecule has 3 aromatic rings. The Labute approximate surface area is 166 Å². The van der Waals surface area contributed by atoms with Crippen molar-refractivity contribution in [3.8, 4) is 0 Å². The van der Waals surface area contributed by atoms with E-state index in [2.05, 4.69) is 10.3 Å². The molecule has 1 N–H and O–H groups in total. The summed E-state index contributed by atoms with van der Waals surface area (Å²) in [6.07, 6.45) is 1.53. The summed E-state index contributed by atoms with van der Waals surface area (Å²) >= 11 is 2.63. The highest BCUT2D eigenvalue weighted by Gasteiger charge is 2.24. The minimum atomic E-state index is -3.54. The third-order valence-electron chi connectivity index (χ3n) is 3.91. The summed E-state index contributed by atoms with van der Waals surface area (Å²) in [5.74, 6) is -0.214. The summed E-state index contributed by atoms with van der Waals surface area (Å²) in [4.78, 5) is 17.4. The predicted octanol–water partition coefficient (Wildman–Crippen LogP) is 4.42. The van der Waals surface area contributed by atoms with E-state index < -0.39 is 10.0 Å². The first-order valence-corrected chi connectivity index (χ1v) is 11.8. The minimum Gasteiger partial charge on any atom is -0.297 e. The molecular weight excluding hydrogens is 402 g/mol. The van der Waals surface area contributed by atoms with Gasteiger partial charge in [0, 0.05) is 13.1 Å². The van der Waals surface area contributed by atoms with Gasteiger partial charge in [0.15, 0.2) is 5.13 Å². The number of aromatic nitrogens is 1. The maximum absolute atomic E-state index is 12.9. The van der Waals surface area contributed by atoms with Gasteiger partial charge >= 0.3 is 0 Å². The van der Waals surface area contributed by atoms with Gasteiger partial charge in [-0.05, 0) is 42.5 Å². The number of fused-ring (bicyclic) bond motifs is 1. The molecule has 6 nitrogen and oxygen atoms in total. The number of benzene rings is 1. The number of hydrogen-bond donors (Lipinski definition) is 1. The van der Waals surface area contributed by atoms with E-state index in [1.54, 1.807) is 24.3 Å². The zero-order valence-corrected chi connectivity index (χ0v) is 17.6. The van der Waals surface area contributed by atoms with Crippen LogP contribution in [0.1, 0.15) is 36.4 Å². The van der Waals surface area contributed by atoms with E-state index in [-0.39, 0.29) is 10.8 Å². The first kappa shape index (κ1) is 19.9. The molecule has 0 fully saturated rings. The summed E-state index contributed by atoms with van der Waals surface area (Å²) in [6.45, 7) is 4.93. The molecule has 0 aliphatic carbocycles. The molecule has 0 saturated carbocycles. The van der Waals surface area contributed by atoms with Crippen molar-refractivity contribution in [1.29, 1.82) is 0 Å². The average Bonchev–Trinajstić information content (AvgIpc) is 3.30. The molecular formula is C18H21N3O3S3. The normalized spacial score (nSPS) is 12.0. The van der Waals surface area contributed by atoms with Crippen molar-refractivity contribution in [3.63, 3.8) is 0 Å². The molecule has 0 aliphatic rings. The molecule has 0 spiro atoms. The number of nitrogens with one attached hydrogen (secondary N) is 1. The van der Waals surface area contributed by atoms with Gasteiger partial charge in [0.05, 0.1) is 20.0 Å². The lowest BCUT2D eigenvalue weighted by molar-refractivity contribution is 0.103. The van der Waals surface area contributed by atoms with Crippen LogP contribution in [0.2, 0.25) is 0 Å². The van der Waals surface area contributed by atoms with Gasteiger partial charge in [0.2, 0.25) is 10.0 Å². The van der Waals surface area contributed by atoms with Gasteiger partial charge in [-0.25, -0.2) is 13.4 Å². The number of thiazole rings is 1. The lowest BCUT2D eigenvalue weighted by atomic mass is 10.3. The zero-order valence-electron chi connectivity index (χ0n) is 15.1. The van der Waals surface area contributed by atoms with Crippen LogP contribution in [0.4, 0.5) is 5.13 Å². The smallest absolute Gasteiger partial charge is 0.267 e. The summed E-state index contributed by atoms with van der Waals surface area (Å²) in [7, 11) is -3.54. The van der Waals surface area contributed by atoms with E-state index in [0.29, 0.717) is 28.6 Å². The van der Waals surface area contributed by atoms with Crippen LogP contribution in [0, 0.1) is 0 Å². The van der Waals surface area contributed by atoms with Gasteiger partial charge in [-0.2, -0.15) is 4.31 Å². The van der Waals surface area contributed by atoms with Gasteiger partial charge in [-0.1, -0.05) is 31.3 Å². The Morgan fingerprint density at radius 1 is 1.19 bits per heavy atom. The third kappa shape index (κ3) is 4.37. The lowest BCUT2D eigenvalue weighted by Gasteiger charge is -2.20. The Hall–Kier alpha value is -1.81. The van der Waals surface area contributed by atoms with E-state index in [4.69, 9.17) is 0 Å². The van der Waals surface area contributed by atoms with E-state index in [1.807, 2.05) is 25.3 Å². The second kappa shape index (κ2) is 8.47. The largest absolute Gasteiger partial charge is 0.297 e. The Bertz CT molecular complexity index is 1020. The number of anilines is 1. The monoisotopic (exact) mass is 423 g/mol. The Morgan fingerprint density at radius 3 is 2.56 bits per heavy atom. The highest BCUT2D eigenvalue weighted by Crippen LogP contribution is 2.30. The number of thiophene rings is 1. The van der Waals surface area contributed by atoms with Crippen LogP contribution in [0.3, 0.4) is 0 Å². The van der Waals surface area contributed by atoms with Crippen molar-refractivity contribution >= 4 is 54.0 Å². The molecule has 0 unspecified atom stereocenters. The van der Waals surface area contributed by atoms with Crippen molar-refractivity contribution in [2.24, 2.45) is 0 Å². The number of nitrogens with zero attached hydrogens (tertiary/aromatic N) is 2. The van der Waals surface area contributed by atoms with Crippen LogP contribution in [0.5, 0.6) is 0 Å². The third-order valence-corrected chi connectivity index (χ3v) is 7.61. The molecule has 144 valence electrons. The first-order chi connectivity index (χ1) is 13.0. The molecule has 9 heteroatoms. The van der Waals surface area contributed by atoms with Crippen LogP contribution in [-0.4, -0.2) is 36.7 Å². The van der Waals surface area contributed by atoms with Crippen LogP contribution in [-0.2, 0) is 10.0 Å². The highest BCUT2D eigenvalue weighted by molar-refractivity contribution is 7.89. The summed E-state index contributed by atoms with van der Waals surface area (Å²) in [5.41, 5.74) is 0.665. The molecule has 3 rings (SSSR count). The standard InChI is InChI=1S/C18H21N3O3S3/c1-3-9-21(10-4-2)27(23,24)13-7-8-14-16(12-13)26-18(19-14)20-17(22)15-6-5-11-25-15/h5-8,11-12H,3-4,9-10H2,1-2H3,(H,19,20,22). The Balaban J connectivity index is 1.88. The number of hydrogen-bond acceptors (Lipinski definition) is 6. The molecule has 0 bridgehead atoms. The van der Waals surface area contributed by atoms with Crippen molar-refractivity contribution in [1.82, 2.24) is 9.29 Å². The lowest BCUT2D eigenvalue weighted by Crippen LogP contribution is -2.32. The zero-order chi connectivity index (χ0) is 19.4. The van der Waals surface area contributed by atoms with Gasteiger partial charge < -0.3 is 0 Å². The van der Waals surface area contributed by atoms with Gasteiger partial charge in [-0.3, -0.25) is 10.1 Å². The van der Waals surface area contributed by atoms with Crippen molar-refractivity contribution in [2.75, 3.05) is 18.4 Å². The Morgan fingerprint density at radius 2 is 1.93 bits per heavy atom. The van der Waals surface area contributed by atoms with E-state index in [0.717, 1.165) is 17.5 Å². The van der Waals surface area contributed by atoms with Crippen LogP contribution >= 0.6 is 22.7 Å². The van der Waals surface area contributed by atoms with E-state index in [1.165, 1.54) is 27.0 Å². The van der Waals surface area contributed by atoms with E-state index >= 15 is 0 Å². The minimum absolute atomic E-state index is 0.214. The number of sulfonamides is 1. The number of rotatable bonds is 8. The molecule has 0 aliphatic heterocycles. The molecule has 27 heavy (non-hydrogen) atoms. The molecule has 0 atom stereocenters. The first-order valence-electron chi connectivity index (χ1n) is 8.71. The molecule has 1 amide bonds. The second-order valence-corrected chi connectivity index (χ2v) is 9.90. The fourth-order valence-electron chi connectivity index (χ4n) is 2.69. The number of carbonyl (C=O) groups excluding carboxylic acids is 1. The molecule has 0 radical (unpaired) electrons. The van der Waals surface area contributed by atoms with Crippen LogP contribution < -0.4 is 5.32 Å². The van der Waals surface area contributed by atoms with Crippen molar-refractivity contribution in [2.45, 2.75) is 31.6 Å². The number of amides is 1. The topological polar surface area (TPSA) is 79.4 Å². The van der Waals surface area contributed by atoms with Gasteiger partial charge in [0.1, 0.15) is 0 Å². The van der Waals surface area contributed by atoms with Gasteiger partial charge in [0.25, 0.3) is 5.91 Å². The summed E-state index contributed by atoms with van der Waals surface area (Å²) < 4.78 is 28.1. The van der Waals surface area contributed by atoms with Crippen molar-refractivity contribution in [3.05, 3.63) is 40.6 Å². The maximum Gasteiger partial charge on any atom is 0.267 e. The number of carbonyl (C=O) groups is 1. The molecule has 1 aromatic carbocycles. The molecule has 2 aromatic heterocycles. The summed E-state index contributed by atoms with van der Waals surface area (Å²) in [6, 6.07) is 8.47. The average molecular weight is 424 g/mol. The predicted molar refractivity (Wildman–Crippen MR) is 111 cm³/mol. The molecule has 2 heterocycles. The maximum atomic E-state index is 12.9.